The average Bonchev–Trinajstić information content (AvgIpc) is 3.59. The largest absolute Gasteiger partial charge is 0.497 e. The Hall–Kier alpha value is -4.66. The maximum absolute atomic E-state index is 13.3. The highest BCUT2D eigenvalue weighted by Crippen LogP contribution is 2.48. The highest BCUT2D eigenvalue weighted by molar-refractivity contribution is 7.44. The van der Waals surface area contributed by atoms with E-state index in [-0.39, 0.29) is 31.9 Å². The van der Waals surface area contributed by atoms with Crippen LogP contribution in [0.1, 0.15) is 70.9 Å². The number of hydrogen-bond acceptors (Lipinski definition) is 14. The molecule has 1 N–H and O–H groups in total. The van der Waals surface area contributed by atoms with E-state index < -0.39 is 49.9 Å². The first-order chi connectivity index (χ1) is 28.5. The summed E-state index contributed by atoms with van der Waals surface area (Å²) in [6.07, 6.45) is -0.0923. The van der Waals surface area contributed by atoms with Crippen LogP contribution in [0.2, 0.25) is 0 Å². The zero-order valence-corrected chi connectivity index (χ0v) is 35.6. The van der Waals surface area contributed by atoms with Gasteiger partial charge >= 0.3 is 14.2 Å². The fourth-order valence-electron chi connectivity index (χ4n) is 6.99. The van der Waals surface area contributed by atoms with E-state index in [4.69, 9.17) is 42.8 Å². The van der Waals surface area contributed by atoms with Crippen LogP contribution in [0, 0.1) is 11.5 Å². The second-order valence-corrected chi connectivity index (χ2v) is 15.2. The van der Waals surface area contributed by atoms with Crippen LogP contribution in [-0.4, -0.2) is 83.8 Å². The quantitative estimate of drug-likeness (QED) is 0.0225. The van der Waals surface area contributed by atoms with Crippen molar-refractivity contribution in [1.29, 1.82) is 5.26 Å². The molecule has 3 aromatic carbocycles. The Labute approximate surface area is 345 Å². The number of nitriles is 1. The van der Waals surface area contributed by atoms with Gasteiger partial charge in [0.1, 0.15) is 29.3 Å². The number of hydrazine groups is 1. The van der Waals surface area contributed by atoms with E-state index >= 15 is 0 Å². The molecule has 5 rings (SSSR count). The summed E-state index contributed by atoms with van der Waals surface area (Å²) in [5.41, 5.74) is -0.198. The number of aromatic amines is 1. The van der Waals surface area contributed by atoms with Gasteiger partial charge in [-0.25, -0.2) is 14.6 Å². The molecule has 1 unspecified atom stereocenters. The van der Waals surface area contributed by atoms with E-state index in [0.717, 1.165) is 16.7 Å². The van der Waals surface area contributed by atoms with Gasteiger partial charge < -0.3 is 23.7 Å². The number of rotatable bonds is 22. The van der Waals surface area contributed by atoms with E-state index in [0.29, 0.717) is 17.9 Å². The van der Waals surface area contributed by atoms with Gasteiger partial charge in [0.05, 0.1) is 27.4 Å². The Kier molecular flexibility index (Phi) is 16.6. The normalized spacial score (nSPS) is 18.6. The number of nitrogens with zero attached hydrogens (tertiary/aromatic N) is 4. The van der Waals surface area contributed by atoms with Gasteiger partial charge in [-0.15, -0.1) is 0 Å². The van der Waals surface area contributed by atoms with Gasteiger partial charge in [-0.1, -0.05) is 61.5 Å². The van der Waals surface area contributed by atoms with Gasteiger partial charge in [0, 0.05) is 31.0 Å². The molecule has 0 saturated carbocycles. The van der Waals surface area contributed by atoms with Gasteiger partial charge in [-0.2, -0.15) is 24.4 Å². The zero-order valence-electron chi connectivity index (χ0n) is 34.7. The summed E-state index contributed by atoms with van der Waals surface area (Å²) in [5, 5.41) is 12.2. The van der Waals surface area contributed by atoms with Crippen LogP contribution < -0.4 is 20.7 Å². The summed E-state index contributed by atoms with van der Waals surface area (Å²) in [6.45, 7) is 11.7. The third-order valence-electron chi connectivity index (χ3n) is 9.54. The fraction of sp³-hybridized carbons (Fsp3) is 0.452. The van der Waals surface area contributed by atoms with Crippen LogP contribution in [0.25, 0.3) is 0 Å². The summed E-state index contributed by atoms with van der Waals surface area (Å²) in [7, 11) is 0.835. The number of hydrogen-bond donors (Lipinski definition) is 1. The Morgan fingerprint density at radius 2 is 1.44 bits per heavy atom. The van der Waals surface area contributed by atoms with Crippen LogP contribution >= 0.6 is 8.53 Å². The number of ether oxygens (including phenoxy) is 5. The first-order valence-electron chi connectivity index (χ1n) is 19.5. The summed E-state index contributed by atoms with van der Waals surface area (Å²) in [5.74, 6) is 1.32. The van der Waals surface area contributed by atoms with Crippen molar-refractivity contribution in [2.75, 3.05) is 34.0 Å². The molecular formula is C42H54N5O11P. The summed E-state index contributed by atoms with van der Waals surface area (Å²) in [4.78, 5) is 39.4. The molecule has 2 heterocycles. The van der Waals surface area contributed by atoms with Gasteiger partial charge in [0.2, 0.25) is 6.19 Å². The van der Waals surface area contributed by atoms with Crippen molar-refractivity contribution in [1.82, 2.24) is 19.3 Å². The number of H-pyrrole nitrogens is 1. The van der Waals surface area contributed by atoms with E-state index in [1.807, 2.05) is 113 Å². The molecule has 0 radical (unpaired) electrons. The van der Waals surface area contributed by atoms with Crippen LogP contribution in [0.4, 0.5) is 0 Å². The molecule has 59 heavy (non-hydrogen) atoms. The minimum atomic E-state index is -2.37. The molecule has 0 aliphatic carbocycles. The minimum absolute atomic E-state index is 0.136. The average molecular weight is 836 g/mol. The van der Waals surface area contributed by atoms with E-state index in [1.165, 1.54) is 21.6 Å². The second kappa shape index (κ2) is 21.6. The molecule has 0 bridgehead atoms. The molecule has 5 atom stereocenters. The van der Waals surface area contributed by atoms with E-state index in [9.17, 15) is 14.9 Å². The van der Waals surface area contributed by atoms with Crippen LogP contribution in [-0.2, 0) is 38.9 Å². The SMILES string of the molecule is CCCO[C@@H]1[C@H](OOP(OOCC)N(C#N)N(C(C)C)C(C)C)[C@@H](COC(c2ccccc2)(c2ccc(OC)cc2)c2ccc(OC)cc2)O[C@H]1n1ccc(=O)[nH]c1=O. The minimum Gasteiger partial charge on any atom is -0.497 e. The molecule has 16 nitrogen and oxygen atoms in total. The molecule has 1 fully saturated rings. The molecule has 1 saturated heterocycles. The molecule has 0 amide bonds. The van der Waals surface area contributed by atoms with Gasteiger partial charge in [0.25, 0.3) is 5.56 Å². The highest BCUT2D eigenvalue weighted by Gasteiger charge is 2.51. The topological polar surface area (TPSA) is 168 Å². The Bertz CT molecular complexity index is 1990. The van der Waals surface area contributed by atoms with E-state index in [2.05, 4.69) is 11.2 Å². The third-order valence-corrected chi connectivity index (χ3v) is 10.6. The lowest BCUT2D eigenvalue weighted by Gasteiger charge is -2.38. The van der Waals surface area contributed by atoms with Crippen molar-refractivity contribution >= 4 is 8.53 Å². The maximum atomic E-state index is 13.3. The standard InChI is InChI=1S/C42H54N5O11P/c1-9-26-52-39-38(56-58-59(57-54-10-2)46(28-43)47(29(3)4)30(5)6)36(55-40(39)45-25-24-37(48)44-41(45)49)27-53-42(31-14-12-11-13-15-31,32-16-20-34(50-7)21-17-32)33-18-22-35(51-8)23-19-33/h11-25,29-30,36,38-40H,9-10,26-27H2,1-8H3,(H,44,48,49)/t36-,38-,39-,40-,59?/m1/s1. The maximum Gasteiger partial charge on any atom is 0.375 e. The third kappa shape index (κ3) is 10.6. The van der Waals surface area contributed by atoms with Crippen molar-refractivity contribution in [3.8, 4) is 17.7 Å². The van der Waals surface area contributed by atoms with Crippen molar-refractivity contribution < 1.29 is 42.8 Å². The summed E-state index contributed by atoms with van der Waals surface area (Å²) in [6, 6.07) is 25.8. The second-order valence-electron chi connectivity index (χ2n) is 14.0. The van der Waals surface area contributed by atoms with E-state index in [1.54, 1.807) is 26.2 Å². The molecule has 1 aliphatic rings. The molecular weight excluding hydrogens is 781 g/mol. The van der Waals surface area contributed by atoms with Crippen molar-refractivity contribution in [3.63, 3.8) is 0 Å². The molecule has 1 aliphatic heterocycles. The molecule has 17 heteroatoms. The number of aromatic nitrogens is 2. The van der Waals surface area contributed by atoms with Crippen LogP contribution in [0.15, 0.2) is 101 Å². The Balaban J connectivity index is 1.63. The zero-order chi connectivity index (χ0) is 42.5. The van der Waals surface area contributed by atoms with Crippen LogP contribution in [0.3, 0.4) is 0 Å². The molecule has 0 spiro atoms. The predicted molar refractivity (Wildman–Crippen MR) is 219 cm³/mol. The van der Waals surface area contributed by atoms with Gasteiger partial charge in [-0.05, 0) is 82.0 Å². The first kappa shape index (κ1) is 45.4. The lowest BCUT2D eigenvalue weighted by Crippen LogP contribution is -2.46. The Morgan fingerprint density at radius 1 is 0.847 bits per heavy atom. The number of benzene rings is 3. The molecule has 1 aromatic heterocycles. The molecule has 4 aromatic rings. The smallest absolute Gasteiger partial charge is 0.375 e. The summed E-state index contributed by atoms with van der Waals surface area (Å²) < 4.78 is 45.5. The number of nitrogens with one attached hydrogen (secondary N) is 1. The Morgan fingerprint density at radius 3 is 1.95 bits per heavy atom. The first-order valence-corrected chi connectivity index (χ1v) is 20.6. The van der Waals surface area contributed by atoms with Gasteiger partial charge in [-0.3, -0.25) is 14.3 Å². The summed E-state index contributed by atoms with van der Waals surface area (Å²) >= 11 is 0. The lowest BCUT2D eigenvalue weighted by atomic mass is 9.80. The van der Waals surface area contributed by atoms with Crippen LogP contribution in [0.5, 0.6) is 11.5 Å². The number of methoxy groups -OCH3 is 2. The fourth-order valence-corrected chi connectivity index (χ4v) is 8.16. The monoisotopic (exact) mass is 835 g/mol. The van der Waals surface area contributed by atoms with Gasteiger partial charge in [0.15, 0.2) is 12.3 Å². The molecule has 318 valence electrons. The van der Waals surface area contributed by atoms with Crippen molar-refractivity contribution in [2.45, 2.75) is 90.2 Å². The highest BCUT2D eigenvalue weighted by atomic mass is 31.2. The van der Waals surface area contributed by atoms with Crippen molar-refractivity contribution in [2.24, 2.45) is 0 Å². The lowest BCUT2D eigenvalue weighted by molar-refractivity contribution is -0.303. The predicted octanol–water partition coefficient (Wildman–Crippen LogP) is 6.58. The van der Waals surface area contributed by atoms with Crippen molar-refractivity contribution in [3.05, 3.63) is 129 Å².